The van der Waals surface area contributed by atoms with E-state index in [1.807, 2.05) is 11.9 Å². The highest BCUT2D eigenvalue weighted by atomic mass is 16.6. The molecule has 1 unspecified atom stereocenters. The van der Waals surface area contributed by atoms with E-state index in [1.165, 1.54) is 0 Å². The lowest BCUT2D eigenvalue weighted by atomic mass is 10.3. The van der Waals surface area contributed by atoms with E-state index in [0.29, 0.717) is 6.10 Å². The molecule has 0 spiro atoms. The normalized spacial score (nSPS) is 28.4. The SMILES string of the molecule is CN1CCN(CCC2CO2)C1=O. The highest BCUT2D eigenvalue weighted by Gasteiger charge is 2.28. The number of urea groups is 1. The summed E-state index contributed by atoms with van der Waals surface area (Å²) in [6, 6.07) is 0.163. The smallest absolute Gasteiger partial charge is 0.319 e. The summed E-state index contributed by atoms with van der Waals surface area (Å²) in [7, 11) is 1.84. The first-order valence-electron chi connectivity index (χ1n) is 4.39. The molecule has 4 nitrogen and oxygen atoms in total. The summed E-state index contributed by atoms with van der Waals surface area (Å²) in [6.07, 6.45) is 1.43. The molecule has 68 valence electrons. The molecule has 2 heterocycles. The molecule has 1 atom stereocenters. The molecular weight excluding hydrogens is 156 g/mol. The van der Waals surface area contributed by atoms with E-state index in [4.69, 9.17) is 4.74 Å². The van der Waals surface area contributed by atoms with Crippen LogP contribution < -0.4 is 0 Å². The van der Waals surface area contributed by atoms with E-state index in [9.17, 15) is 4.79 Å². The van der Waals surface area contributed by atoms with Gasteiger partial charge >= 0.3 is 6.03 Å². The van der Waals surface area contributed by atoms with Gasteiger partial charge in [-0.2, -0.15) is 0 Å². The van der Waals surface area contributed by atoms with Gasteiger partial charge < -0.3 is 14.5 Å². The summed E-state index contributed by atoms with van der Waals surface area (Å²) in [6.45, 7) is 3.48. The van der Waals surface area contributed by atoms with Crippen LogP contribution in [0.25, 0.3) is 0 Å². The highest BCUT2D eigenvalue weighted by Crippen LogP contribution is 2.15. The van der Waals surface area contributed by atoms with Crippen LogP contribution in [0.2, 0.25) is 0 Å². The average Bonchev–Trinajstić information content (AvgIpc) is 2.82. The number of ether oxygens (including phenoxy) is 1. The van der Waals surface area contributed by atoms with Gasteiger partial charge in [0, 0.05) is 26.7 Å². The molecule has 0 bridgehead atoms. The van der Waals surface area contributed by atoms with Crippen LogP contribution in [0, 0.1) is 0 Å². The summed E-state index contributed by atoms with van der Waals surface area (Å²) in [5, 5.41) is 0. The van der Waals surface area contributed by atoms with Crippen LogP contribution in [0.15, 0.2) is 0 Å². The molecule has 0 aliphatic carbocycles. The van der Waals surface area contributed by atoms with Crippen LogP contribution in [0.3, 0.4) is 0 Å². The van der Waals surface area contributed by atoms with Crippen molar-refractivity contribution in [1.29, 1.82) is 0 Å². The third-order valence-corrected chi connectivity index (χ3v) is 2.43. The van der Waals surface area contributed by atoms with Crippen LogP contribution in [0.5, 0.6) is 0 Å². The Labute approximate surface area is 72.1 Å². The topological polar surface area (TPSA) is 36.1 Å². The summed E-state index contributed by atoms with van der Waals surface area (Å²) in [5.74, 6) is 0. The van der Waals surface area contributed by atoms with Crippen molar-refractivity contribution >= 4 is 6.03 Å². The molecule has 2 amide bonds. The molecule has 0 aromatic carbocycles. The van der Waals surface area contributed by atoms with Gasteiger partial charge in [-0.1, -0.05) is 0 Å². The zero-order valence-electron chi connectivity index (χ0n) is 7.32. The maximum atomic E-state index is 11.3. The maximum Gasteiger partial charge on any atom is 0.319 e. The summed E-state index contributed by atoms with van der Waals surface area (Å²) in [5.41, 5.74) is 0. The quantitative estimate of drug-likeness (QED) is 0.565. The molecule has 2 aliphatic rings. The van der Waals surface area contributed by atoms with Gasteiger partial charge in [0.05, 0.1) is 12.7 Å². The van der Waals surface area contributed by atoms with Crippen molar-refractivity contribution in [1.82, 2.24) is 9.80 Å². The Balaban J connectivity index is 1.76. The molecule has 2 aliphatic heterocycles. The number of hydrogen-bond acceptors (Lipinski definition) is 2. The van der Waals surface area contributed by atoms with Gasteiger partial charge in [0.2, 0.25) is 0 Å². The van der Waals surface area contributed by atoms with Gasteiger partial charge in [-0.15, -0.1) is 0 Å². The third kappa shape index (κ3) is 1.53. The standard InChI is InChI=1S/C8H14N2O2/c1-9-4-5-10(8(9)11)3-2-7-6-12-7/h7H,2-6H2,1H3. The van der Waals surface area contributed by atoms with Crippen LogP contribution in [0.1, 0.15) is 6.42 Å². The fraction of sp³-hybridized carbons (Fsp3) is 0.875. The number of hydrogen-bond donors (Lipinski definition) is 0. The largest absolute Gasteiger partial charge is 0.373 e. The van der Waals surface area contributed by atoms with Crippen molar-refractivity contribution in [2.45, 2.75) is 12.5 Å². The van der Waals surface area contributed by atoms with E-state index in [0.717, 1.165) is 32.7 Å². The zero-order valence-corrected chi connectivity index (χ0v) is 7.32. The molecule has 0 saturated carbocycles. The number of carbonyl (C=O) groups excluding carboxylic acids is 1. The minimum Gasteiger partial charge on any atom is -0.373 e. The maximum absolute atomic E-state index is 11.3. The van der Waals surface area contributed by atoms with Gasteiger partial charge in [-0.25, -0.2) is 4.79 Å². The Morgan fingerprint density at radius 2 is 2.33 bits per heavy atom. The Morgan fingerprint density at radius 3 is 2.83 bits per heavy atom. The van der Waals surface area contributed by atoms with Crippen molar-refractivity contribution in [3.63, 3.8) is 0 Å². The second-order valence-corrected chi connectivity index (χ2v) is 3.44. The van der Waals surface area contributed by atoms with E-state index in [1.54, 1.807) is 4.90 Å². The molecule has 4 heteroatoms. The second-order valence-electron chi connectivity index (χ2n) is 3.44. The first kappa shape index (κ1) is 7.86. The molecule has 0 aromatic heterocycles. The van der Waals surface area contributed by atoms with Crippen LogP contribution in [-0.2, 0) is 4.74 Å². The molecule has 12 heavy (non-hydrogen) atoms. The van der Waals surface area contributed by atoms with Gasteiger partial charge in [0.1, 0.15) is 0 Å². The Bertz CT molecular complexity index is 191. The molecule has 2 rings (SSSR count). The summed E-state index contributed by atoms with van der Waals surface area (Å²) < 4.78 is 5.08. The zero-order chi connectivity index (χ0) is 8.55. The summed E-state index contributed by atoms with van der Waals surface area (Å²) in [4.78, 5) is 15.0. The van der Waals surface area contributed by atoms with Crippen LogP contribution >= 0.6 is 0 Å². The van der Waals surface area contributed by atoms with E-state index < -0.39 is 0 Å². The third-order valence-electron chi connectivity index (χ3n) is 2.43. The van der Waals surface area contributed by atoms with E-state index >= 15 is 0 Å². The van der Waals surface area contributed by atoms with E-state index in [-0.39, 0.29) is 6.03 Å². The minimum absolute atomic E-state index is 0.163. The molecular formula is C8H14N2O2. The van der Waals surface area contributed by atoms with Gasteiger partial charge in [-0.05, 0) is 6.42 Å². The first-order chi connectivity index (χ1) is 5.77. The Morgan fingerprint density at radius 1 is 1.58 bits per heavy atom. The average molecular weight is 170 g/mol. The second kappa shape index (κ2) is 2.94. The lowest BCUT2D eigenvalue weighted by Crippen LogP contribution is -2.30. The number of nitrogens with zero attached hydrogens (tertiary/aromatic N) is 2. The van der Waals surface area contributed by atoms with Gasteiger partial charge in [0.25, 0.3) is 0 Å². The van der Waals surface area contributed by atoms with Crippen molar-refractivity contribution in [2.75, 3.05) is 33.3 Å². The Hall–Kier alpha value is -0.770. The van der Waals surface area contributed by atoms with Crippen molar-refractivity contribution < 1.29 is 9.53 Å². The number of amides is 2. The van der Waals surface area contributed by atoms with Crippen molar-refractivity contribution in [3.8, 4) is 0 Å². The lowest BCUT2D eigenvalue weighted by molar-refractivity contribution is 0.197. The molecule has 2 saturated heterocycles. The first-order valence-corrected chi connectivity index (χ1v) is 4.39. The molecule has 0 N–H and O–H groups in total. The monoisotopic (exact) mass is 170 g/mol. The Kier molecular flexibility index (Phi) is 1.92. The van der Waals surface area contributed by atoms with Crippen molar-refractivity contribution in [3.05, 3.63) is 0 Å². The fourth-order valence-electron chi connectivity index (χ4n) is 1.45. The number of likely N-dealkylation sites (N-methyl/N-ethyl adjacent to an activating group) is 1. The molecule has 0 radical (unpaired) electrons. The molecule has 0 aromatic rings. The van der Waals surface area contributed by atoms with E-state index in [2.05, 4.69) is 0 Å². The predicted molar refractivity (Wildman–Crippen MR) is 44.0 cm³/mol. The van der Waals surface area contributed by atoms with Crippen molar-refractivity contribution in [2.24, 2.45) is 0 Å². The van der Waals surface area contributed by atoms with Crippen LogP contribution in [0.4, 0.5) is 4.79 Å². The summed E-state index contributed by atoms with van der Waals surface area (Å²) >= 11 is 0. The molecule has 2 fully saturated rings. The lowest BCUT2D eigenvalue weighted by Gasteiger charge is -2.14. The number of rotatable bonds is 3. The number of epoxide rings is 1. The van der Waals surface area contributed by atoms with Crippen LogP contribution in [-0.4, -0.2) is 55.2 Å². The van der Waals surface area contributed by atoms with Gasteiger partial charge in [0.15, 0.2) is 0 Å². The fourth-order valence-corrected chi connectivity index (χ4v) is 1.45. The predicted octanol–water partition coefficient (Wildman–Crippen LogP) is 0.143. The minimum atomic E-state index is 0.163. The number of carbonyl (C=O) groups is 1. The van der Waals surface area contributed by atoms with Gasteiger partial charge in [-0.3, -0.25) is 0 Å². The highest BCUT2D eigenvalue weighted by molar-refractivity contribution is 5.76.